The van der Waals surface area contributed by atoms with Gasteiger partial charge in [0.15, 0.2) is 0 Å². The molecule has 1 saturated heterocycles. The van der Waals surface area contributed by atoms with Crippen LogP contribution < -0.4 is 15.4 Å². The Balaban J connectivity index is 1.84. The summed E-state index contributed by atoms with van der Waals surface area (Å²) in [5.74, 6) is 0.462. The van der Waals surface area contributed by atoms with Crippen molar-refractivity contribution in [2.45, 2.75) is 32.4 Å². The summed E-state index contributed by atoms with van der Waals surface area (Å²) in [6, 6.07) is 4.36. The Morgan fingerprint density at radius 3 is 3.00 bits per heavy atom. The number of nitrogens with one attached hydrogen (secondary N) is 2. The zero-order valence-corrected chi connectivity index (χ0v) is 12.8. The molecular formula is C15H19ClF2N2O2. The lowest BCUT2D eigenvalue weighted by molar-refractivity contribution is -0.121. The van der Waals surface area contributed by atoms with Gasteiger partial charge in [0.2, 0.25) is 5.91 Å². The zero-order chi connectivity index (χ0) is 15.9. The highest BCUT2D eigenvalue weighted by molar-refractivity contribution is 6.30. The van der Waals surface area contributed by atoms with E-state index in [9.17, 15) is 13.6 Å². The second-order valence-electron chi connectivity index (χ2n) is 5.30. The maximum atomic E-state index is 12.3. The maximum absolute atomic E-state index is 12.3. The molecule has 1 aromatic rings. The number of rotatable bonds is 7. The number of ether oxygens (including phenoxy) is 1. The van der Waals surface area contributed by atoms with Crippen molar-refractivity contribution in [1.29, 1.82) is 0 Å². The van der Waals surface area contributed by atoms with Crippen molar-refractivity contribution in [2.75, 3.05) is 13.1 Å². The maximum Gasteiger partial charge on any atom is 0.387 e. The van der Waals surface area contributed by atoms with Gasteiger partial charge in [-0.05, 0) is 50.0 Å². The van der Waals surface area contributed by atoms with Crippen LogP contribution in [0.25, 0.3) is 0 Å². The van der Waals surface area contributed by atoms with Crippen LogP contribution in [0.4, 0.5) is 8.78 Å². The predicted octanol–water partition coefficient (Wildman–Crippen LogP) is 2.95. The minimum absolute atomic E-state index is 0.0275. The molecule has 1 aromatic carbocycles. The molecule has 7 heteroatoms. The second kappa shape index (κ2) is 8.29. The predicted molar refractivity (Wildman–Crippen MR) is 80.1 cm³/mol. The number of carbonyl (C=O) groups excluding carboxylic acids is 1. The number of hydrogen-bond donors (Lipinski definition) is 2. The van der Waals surface area contributed by atoms with Gasteiger partial charge in [0.1, 0.15) is 5.75 Å². The molecule has 1 aliphatic heterocycles. The van der Waals surface area contributed by atoms with Crippen LogP contribution in [0, 0.1) is 5.92 Å². The van der Waals surface area contributed by atoms with E-state index in [1.807, 2.05) is 0 Å². The summed E-state index contributed by atoms with van der Waals surface area (Å²) in [7, 11) is 0. The van der Waals surface area contributed by atoms with Gasteiger partial charge in [-0.3, -0.25) is 4.79 Å². The van der Waals surface area contributed by atoms with Gasteiger partial charge in [0.25, 0.3) is 0 Å². The Bertz CT molecular complexity index is 508. The fraction of sp³-hybridized carbons (Fsp3) is 0.533. The molecule has 0 aromatic heterocycles. The molecule has 1 unspecified atom stereocenters. The molecule has 0 spiro atoms. The summed E-state index contributed by atoms with van der Waals surface area (Å²) in [5, 5.41) is 6.38. The molecule has 1 aliphatic rings. The van der Waals surface area contributed by atoms with Crippen LogP contribution in [0.15, 0.2) is 18.2 Å². The fourth-order valence-corrected chi connectivity index (χ4v) is 2.67. The number of carbonyl (C=O) groups is 1. The van der Waals surface area contributed by atoms with E-state index in [1.165, 1.54) is 18.2 Å². The first-order valence-corrected chi connectivity index (χ1v) is 7.63. The summed E-state index contributed by atoms with van der Waals surface area (Å²) >= 11 is 5.85. The topological polar surface area (TPSA) is 50.4 Å². The summed E-state index contributed by atoms with van der Waals surface area (Å²) < 4.78 is 29.1. The van der Waals surface area contributed by atoms with E-state index >= 15 is 0 Å². The van der Waals surface area contributed by atoms with Crippen molar-refractivity contribution in [3.8, 4) is 5.75 Å². The zero-order valence-electron chi connectivity index (χ0n) is 12.1. The van der Waals surface area contributed by atoms with E-state index in [1.54, 1.807) is 0 Å². The van der Waals surface area contributed by atoms with Gasteiger partial charge in [0.05, 0.1) is 0 Å². The molecule has 0 aliphatic carbocycles. The van der Waals surface area contributed by atoms with Crippen LogP contribution >= 0.6 is 11.6 Å². The van der Waals surface area contributed by atoms with E-state index in [-0.39, 0.29) is 18.2 Å². The second-order valence-corrected chi connectivity index (χ2v) is 5.74. The van der Waals surface area contributed by atoms with Gasteiger partial charge in [-0.15, -0.1) is 0 Å². The molecular weight excluding hydrogens is 314 g/mol. The molecule has 2 rings (SSSR count). The van der Waals surface area contributed by atoms with Crippen LogP contribution in [0.1, 0.15) is 24.8 Å². The molecule has 0 bridgehead atoms. The quantitative estimate of drug-likeness (QED) is 0.807. The number of amides is 1. The van der Waals surface area contributed by atoms with Crippen molar-refractivity contribution in [3.63, 3.8) is 0 Å². The summed E-state index contributed by atoms with van der Waals surface area (Å²) in [6.07, 6.45) is 2.35. The van der Waals surface area contributed by atoms with Gasteiger partial charge in [0, 0.05) is 23.6 Å². The van der Waals surface area contributed by atoms with E-state index < -0.39 is 6.61 Å². The largest absolute Gasteiger partial charge is 0.434 e. The third-order valence-electron chi connectivity index (χ3n) is 3.66. The Kier molecular flexibility index (Phi) is 6.39. The molecule has 1 heterocycles. The molecule has 22 heavy (non-hydrogen) atoms. The molecule has 0 saturated carbocycles. The molecule has 122 valence electrons. The first-order valence-electron chi connectivity index (χ1n) is 7.25. The lowest BCUT2D eigenvalue weighted by atomic mass is 10.0. The highest BCUT2D eigenvalue weighted by Crippen LogP contribution is 2.24. The van der Waals surface area contributed by atoms with Crippen molar-refractivity contribution < 1.29 is 18.3 Å². The highest BCUT2D eigenvalue weighted by atomic mass is 35.5. The molecule has 0 radical (unpaired) electrons. The third kappa shape index (κ3) is 5.42. The summed E-state index contributed by atoms with van der Waals surface area (Å²) in [5.41, 5.74) is 0.434. The lowest BCUT2D eigenvalue weighted by Gasteiger charge is -2.13. The van der Waals surface area contributed by atoms with Crippen molar-refractivity contribution in [1.82, 2.24) is 10.6 Å². The Morgan fingerprint density at radius 2 is 2.32 bits per heavy atom. The number of hydrogen-bond acceptors (Lipinski definition) is 3. The van der Waals surface area contributed by atoms with Gasteiger partial charge < -0.3 is 15.4 Å². The van der Waals surface area contributed by atoms with E-state index in [0.29, 0.717) is 22.9 Å². The molecule has 1 atom stereocenters. The third-order valence-corrected chi connectivity index (χ3v) is 3.89. The Morgan fingerprint density at radius 1 is 1.50 bits per heavy atom. The van der Waals surface area contributed by atoms with Gasteiger partial charge in [-0.1, -0.05) is 11.6 Å². The first kappa shape index (κ1) is 17.0. The molecule has 4 nitrogen and oxygen atoms in total. The number of benzene rings is 1. The number of alkyl halides is 2. The number of halogens is 3. The SMILES string of the molecule is O=C(CCC1CCNC1)NCc1cc(Cl)ccc1OC(F)F. The minimum Gasteiger partial charge on any atom is -0.434 e. The van der Waals surface area contributed by atoms with Crippen molar-refractivity contribution in [2.24, 2.45) is 5.92 Å². The molecule has 1 fully saturated rings. The molecule has 1 amide bonds. The van der Waals surface area contributed by atoms with Gasteiger partial charge in [-0.2, -0.15) is 8.78 Å². The van der Waals surface area contributed by atoms with Crippen LogP contribution in [-0.4, -0.2) is 25.6 Å². The first-order chi connectivity index (χ1) is 10.5. The average Bonchev–Trinajstić information content (AvgIpc) is 2.98. The van der Waals surface area contributed by atoms with Gasteiger partial charge in [-0.25, -0.2) is 0 Å². The lowest BCUT2D eigenvalue weighted by Crippen LogP contribution is -2.24. The Labute approximate surface area is 133 Å². The smallest absolute Gasteiger partial charge is 0.387 e. The summed E-state index contributed by atoms with van der Waals surface area (Å²) in [4.78, 5) is 11.8. The fourth-order valence-electron chi connectivity index (χ4n) is 2.48. The van der Waals surface area contributed by atoms with E-state index in [4.69, 9.17) is 11.6 Å². The Hall–Kier alpha value is -1.40. The van der Waals surface area contributed by atoms with Gasteiger partial charge >= 0.3 is 6.61 Å². The van der Waals surface area contributed by atoms with E-state index in [0.717, 1.165) is 25.9 Å². The van der Waals surface area contributed by atoms with Crippen LogP contribution in [-0.2, 0) is 11.3 Å². The highest BCUT2D eigenvalue weighted by Gasteiger charge is 2.16. The summed E-state index contributed by atoms with van der Waals surface area (Å²) in [6.45, 7) is -0.841. The van der Waals surface area contributed by atoms with Crippen LogP contribution in [0.5, 0.6) is 5.75 Å². The molecule has 2 N–H and O–H groups in total. The standard InChI is InChI=1S/C15H19ClF2N2O2/c16-12-2-3-13(22-15(17)18)11(7-12)9-20-14(21)4-1-10-5-6-19-8-10/h2-3,7,10,15,19H,1,4-6,8-9H2,(H,20,21). The van der Waals surface area contributed by atoms with Crippen molar-refractivity contribution >= 4 is 17.5 Å². The minimum atomic E-state index is -2.91. The average molecular weight is 333 g/mol. The van der Waals surface area contributed by atoms with Crippen LogP contribution in [0.2, 0.25) is 5.02 Å². The monoisotopic (exact) mass is 332 g/mol. The van der Waals surface area contributed by atoms with Crippen molar-refractivity contribution in [3.05, 3.63) is 28.8 Å². The normalized spacial score (nSPS) is 17.7. The van der Waals surface area contributed by atoms with Crippen LogP contribution in [0.3, 0.4) is 0 Å². The van der Waals surface area contributed by atoms with E-state index in [2.05, 4.69) is 15.4 Å².